The van der Waals surface area contributed by atoms with Crippen LogP contribution in [0.1, 0.15) is 37.7 Å². The Balaban J connectivity index is 1.49. The molecular formula is C19H27N3O2. The van der Waals surface area contributed by atoms with Crippen molar-refractivity contribution in [3.63, 3.8) is 0 Å². The molecule has 3 rings (SSSR count). The smallest absolute Gasteiger partial charge is 0.324 e. The minimum atomic E-state index is -0.241. The van der Waals surface area contributed by atoms with Gasteiger partial charge in [-0.25, -0.2) is 4.79 Å². The largest absolute Gasteiger partial charge is 0.329 e. The van der Waals surface area contributed by atoms with Crippen molar-refractivity contribution in [2.24, 2.45) is 5.92 Å². The lowest BCUT2D eigenvalue weighted by Crippen LogP contribution is -2.41. The van der Waals surface area contributed by atoms with Crippen LogP contribution in [-0.2, 0) is 4.79 Å². The van der Waals surface area contributed by atoms with E-state index in [-0.39, 0.29) is 18.5 Å². The number of piperidine rings is 1. The predicted molar refractivity (Wildman–Crippen MR) is 93.7 cm³/mol. The van der Waals surface area contributed by atoms with Crippen molar-refractivity contribution in [1.29, 1.82) is 0 Å². The number of amides is 3. The number of rotatable bonds is 6. The SMILES string of the molecule is CC[C@@H]1CN(CCCN2C(=O)CNC2=O)CC[C@H]1c1ccccc1. The molecule has 5 heteroatoms. The van der Waals surface area contributed by atoms with Crippen LogP contribution in [0.25, 0.3) is 0 Å². The Hall–Kier alpha value is -1.88. The highest BCUT2D eigenvalue weighted by atomic mass is 16.2. The summed E-state index contributed by atoms with van der Waals surface area (Å²) in [6, 6.07) is 10.6. The molecule has 1 aromatic carbocycles. The first-order valence-electron chi connectivity index (χ1n) is 9.04. The van der Waals surface area contributed by atoms with Gasteiger partial charge in [-0.15, -0.1) is 0 Å². The van der Waals surface area contributed by atoms with Gasteiger partial charge in [0, 0.05) is 13.1 Å². The summed E-state index contributed by atoms with van der Waals surface area (Å²) < 4.78 is 0. The second-order valence-electron chi connectivity index (χ2n) is 6.83. The molecular weight excluding hydrogens is 302 g/mol. The van der Waals surface area contributed by atoms with Crippen molar-refractivity contribution in [3.05, 3.63) is 35.9 Å². The molecule has 2 aliphatic rings. The molecule has 3 amide bonds. The molecule has 2 aliphatic heterocycles. The molecule has 0 radical (unpaired) electrons. The monoisotopic (exact) mass is 329 g/mol. The van der Waals surface area contributed by atoms with Crippen LogP contribution >= 0.6 is 0 Å². The van der Waals surface area contributed by atoms with Crippen molar-refractivity contribution in [2.75, 3.05) is 32.7 Å². The number of hydrogen-bond acceptors (Lipinski definition) is 3. The molecule has 2 fully saturated rings. The molecule has 0 unspecified atom stereocenters. The summed E-state index contributed by atoms with van der Waals surface area (Å²) in [4.78, 5) is 27.0. The summed E-state index contributed by atoms with van der Waals surface area (Å²) in [6.45, 7) is 6.11. The Morgan fingerprint density at radius 1 is 1.17 bits per heavy atom. The lowest BCUT2D eigenvalue weighted by atomic mass is 9.79. The van der Waals surface area contributed by atoms with E-state index in [2.05, 4.69) is 47.5 Å². The molecule has 2 heterocycles. The van der Waals surface area contributed by atoms with Gasteiger partial charge >= 0.3 is 6.03 Å². The first-order chi connectivity index (χ1) is 11.7. The Morgan fingerprint density at radius 3 is 2.62 bits per heavy atom. The van der Waals surface area contributed by atoms with Crippen LogP contribution in [-0.4, -0.2) is 54.5 Å². The quantitative estimate of drug-likeness (QED) is 0.816. The van der Waals surface area contributed by atoms with E-state index < -0.39 is 0 Å². The third-order valence-corrected chi connectivity index (χ3v) is 5.36. The van der Waals surface area contributed by atoms with Gasteiger partial charge < -0.3 is 10.2 Å². The van der Waals surface area contributed by atoms with E-state index in [0.29, 0.717) is 18.4 Å². The van der Waals surface area contributed by atoms with Crippen molar-refractivity contribution in [3.8, 4) is 0 Å². The van der Waals surface area contributed by atoms with Gasteiger partial charge in [-0.3, -0.25) is 9.69 Å². The van der Waals surface area contributed by atoms with Crippen LogP contribution in [0.4, 0.5) is 4.79 Å². The third-order valence-electron chi connectivity index (χ3n) is 5.36. The zero-order chi connectivity index (χ0) is 16.9. The molecule has 0 aromatic heterocycles. The fourth-order valence-electron chi connectivity index (χ4n) is 4.00. The van der Waals surface area contributed by atoms with Crippen LogP contribution < -0.4 is 5.32 Å². The maximum Gasteiger partial charge on any atom is 0.324 e. The molecule has 1 aromatic rings. The van der Waals surface area contributed by atoms with Gasteiger partial charge in [0.1, 0.15) is 0 Å². The summed E-state index contributed by atoms with van der Waals surface area (Å²) in [7, 11) is 0. The lowest BCUT2D eigenvalue weighted by Gasteiger charge is -2.38. The van der Waals surface area contributed by atoms with E-state index in [1.165, 1.54) is 23.3 Å². The molecule has 0 saturated carbocycles. The molecule has 5 nitrogen and oxygen atoms in total. The Labute approximate surface area is 144 Å². The van der Waals surface area contributed by atoms with Gasteiger partial charge in [0.2, 0.25) is 5.91 Å². The van der Waals surface area contributed by atoms with Crippen LogP contribution in [0.5, 0.6) is 0 Å². The number of carbonyl (C=O) groups is 2. The Morgan fingerprint density at radius 2 is 1.96 bits per heavy atom. The fraction of sp³-hybridized carbons (Fsp3) is 0.579. The fourth-order valence-corrected chi connectivity index (χ4v) is 4.00. The van der Waals surface area contributed by atoms with Gasteiger partial charge in [0.15, 0.2) is 0 Å². The van der Waals surface area contributed by atoms with Gasteiger partial charge in [-0.2, -0.15) is 0 Å². The molecule has 2 saturated heterocycles. The van der Waals surface area contributed by atoms with Crippen LogP contribution in [0.2, 0.25) is 0 Å². The van der Waals surface area contributed by atoms with Crippen LogP contribution in [0.15, 0.2) is 30.3 Å². The minimum Gasteiger partial charge on any atom is -0.329 e. The molecule has 0 aliphatic carbocycles. The maximum atomic E-state index is 11.6. The summed E-state index contributed by atoms with van der Waals surface area (Å²) in [5.74, 6) is 1.23. The second kappa shape index (κ2) is 7.79. The van der Waals surface area contributed by atoms with Crippen molar-refractivity contribution < 1.29 is 9.59 Å². The number of carbonyl (C=O) groups excluding carboxylic acids is 2. The normalized spacial score (nSPS) is 25.1. The highest BCUT2D eigenvalue weighted by Gasteiger charge is 2.30. The first-order valence-corrected chi connectivity index (χ1v) is 9.04. The topological polar surface area (TPSA) is 52.6 Å². The van der Waals surface area contributed by atoms with Gasteiger partial charge in [-0.1, -0.05) is 43.7 Å². The number of likely N-dealkylation sites (tertiary alicyclic amines) is 1. The highest BCUT2D eigenvalue weighted by molar-refractivity contribution is 6.01. The molecule has 2 atom stereocenters. The number of hydrogen-bond donors (Lipinski definition) is 1. The molecule has 130 valence electrons. The Bertz CT molecular complexity index is 559. The lowest BCUT2D eigenvalue weighted by molar-refractivity contribution is -0.125. The molecule has 1 N–H and O–H groups in total. The second-order valence-corrected chi connectivity index (χ2v) is 6.83. The van der Waals surface area contributed by atoms with Gasteiger partial charge in [0.25, 0.3) is 0 Å². The van der Waals surface area contributed by atoms with Gasteiger partial charge in [0.05, 0.1) is 6.54 Å². The number of urea groups is 1. The highest BCUT2D eigenvalue weighted by Crippen LogP contribution is 2.34. The van der Waals surface area contributed by atoms with Crippen LogP contribution in [0.3, 0.4) is 0 Å². The van der Waals surface area contributed by atoms with E-state index in [9.17, 15) is 9.59 Å². The van der Waals surface area contributed by atoms with Crippen molar-refractivity contribution in [1.82, 2.24) is 15.1 Å². The average Bonchev–Trinajstić information content (AvgIpc) is 2.94. The summed E-state index contributed by atoms with van der Waals surface area (Å²) in [5, 5.41) is 2.57. The zero-order valence-corrected chi connectivity index (χ0v) is 14.4. The number of nitrogens with one attached hydrogen (secondary N) is 1. The van der Waals surface area contributed by atoms with Crippen LogP contribution in [0, 0.1) is 5.92 Å². The first kappa shape index (κ1) is 17.0. The standard InChI is InChI=1S/C19H27N3O2/c1-2-15-14-21(10-6-11-22-18(23)13-20-19(22)24)12-9-17(15)16-7-4-3-5-8-16/h3-5,7-8,15,17H,2,6,9-14H2,1H3,(H,20,24)/t15-,17-/m1/s1. The van der Waals surface area contributed by atoms with Gasteiger partial charge in [-0.05, 0) is 43.3 Å². The maximum absolute atomic E-state index is 11.6. The number of nitrogens with zero attached hydrogens (tertiary/aromatic N) is 2. The number of imide groups is 1. The third kappa shape index (κ3) is 3.78. The zero-order valence-electron chi connectivity index (χ0n) is 14.4. The van der Waals surface area contributed by atoms with E-state index in [1.54, 1.807) is 0 Å². The molecule has 24 heavy (non-hydrogen) atoms. The molecule has 0 bridgehead atoms. The summed E-state index contributed by atoms with van der Waals surface area (Å²) in [5.41, 5.74) is 1.46. The molecule has 0 spiro atoms. The Kier molecular flexibility index (Phi) is 5.51. The minimum absolute atomic E-state index is 0.103. The number of benzene rings is 1. The van der Waals surface area contributed by atoms with Crippen molar-refractivity contribution >= 4 is 11.9 Å². The average molecular weight is 329 g/mol. The van der Waals surface area contributed by atoms with E-state index >= 15 is 0 Å². The predicted octanol–water partition coefficient (Wildman–Crippen LogP) is 2.44. The van der Waals surface area contributed by atoms with E-state index in [1.807, 2.05) is 0 Å². The van der Waals surface area contributed by atoms with E-state index in [0.717, 1.165) is 26.1 Å². The summed E-state index contributed by atoms with van der Waals surface area (Å²) >= 11 is 0. The summed E-state index contributed by atoms with van der Waals surface area (Å²) in [6.07, 6.45) is 3.22. The van der Waals surface area contributed by atoms with E-state index in [4.69, 9.17) is 0 Å². The van der Waals surface area contributed by atoms with Crippen molar-refractivity contribution in [2.45, 2.75) is 32.1 Å².